The van der Waals surface area contributed by atoms with Gasteiger partial charge in [0.1, 0.15) is 5.75 Å². The minimum atomic E-state index is -0.149. The first-order chi connectivity index (χ1) is 8.61. The summed E-state index contributed by atoms with van der Waals surface area (Å²) in [5.74, 6) is 0.823. The first-order valence-corrected chi connectivity index (χ1v) is 6.09. The Balaban J connectivity index is 2.45. The van der Waals surface area contributed by atoms with E-state index in [1.807, 2.05) is 18.2 Å². The molecule has 0 fully saturated rings. The van der Waals surface area contributed by atoms with Crippen molar-refractivity contribution in [3.63, 3.8) is 0 Å². The zero-order valence-corrected chi connectivity index (χ0v) is 11.6. The largest absolute Gasteiger partial charge is 0.496 e. The van der Waals surface area contributed by atoms with Gasteiger partial charge in [0.2, 0.25) is 0 Å². The van der Waals surface area contributed by atoms with Gasteiger partial charge in [-0.15, -0.1) is 0 Å². The third-order valence-electron chi connectivity index (χ3n) is 2.42. The maximum Gasteiger partial charge on any atom is 0.196 e. The summed E-state index contributed by atoms with van der Waals surface area (Å²) in [6.45, 7) is 1.45. The molecule has 0 spiro atoms. The van der Waals surface area contributed by atoms with Crippen LogP contribution < -0.4 is 4.74 Å². The maximum atomic E-state index is 11.2. The Hall–Kier alpha value is -1.75. The SMILES string of the molecule is COc1ccc(-c2ccnc(C(C)=O)n2)cc1Br. The molecule has 0 saturated carbocycles. The minimum Gasteiger partial charge on any atom is -0.496 e. The zero-order chi connectivity index (χ0) is 13.1. The monoisotopic (exact) mass is 306 g/mol. The summed E-state index contributed by atoms with van der Waals surface area (Å²) < 4.78 is 6.00. The average Bonchev–Trinajstić information content (AvgIpc) is 2.38. The fourth-order valence-electron chi connectivity index (χ4n) is 1.51. The summed E-state index contributed by atoms with van der Waals surface area (Å²) in [4.78, 5) is 19.4. The van der Waals surface area contributed by atoms with Gasteiger partial charge in [-0.1, -0.05) is 0 Å². The Labute approximate surface area is 113 Å². The van der Waals surface area contributed by atoms with Crippen molar-refractivity contribution in [2.45, 2.75) is 6.92 Å². The van der Waals surface area contributed by atoms with Crippen molar-refractivity contribution in [2.75, 3.05) is 7.11 Å². The molecule has 2 rings (SSSR count). The van der Waals surface area contributed by atoms with Gasteiger partial charge >= 0.3 is 0 Å². The van der Waals surface area contributed by atoms with Crippen LogP contribution in [-0.2, 0) is 0 Å². The lowest BCUT2D eigenvalue weighted by Crippen LogP contribution is -2.01. The summed E-state index contributed by atoms with van der Waals surface area (Å²) in [5, 5.41) is 0. The number of ketones is 1. The number of hydrogen-bond donors (Lipinski definition) is 0. The Morgan fingerprint density at radius 2 is 2.11 bits per heavy atom. The number of carbonyl (C=O) groups excluding carboxylic acids is 1. The molecule has 0 radical (unpaired) electrons. The Bertz CT molecular complexity index is 599. The van der Waals surface area contributed by atoms with Crippen LogP contribution in [-0.4, -0.2) is 22.9 Å². The number of nitrogens with zero attached hydrogens (tertiary/aromatic N) is 2. The number of Topliss-reactive ketones (excluding diaryl/α,β-unsaturated/α-hetero) is 1. The zero-order valence-electron chi connectivity index (χ0n) is 9.98. The van der Waals surface area contributed by atoms with Gasteiger partial charge in [-0.3, -0.25) is 4.79 Å². The summed E-state index contributed by atoms with van der Waals surface area (Å²) in [6, 6.07) is 7.39. The lowest BCUT2D eigenvalue weighted by Gasteiger charge is -2.06. The minimum absolute atomic E-state index is 0.149. The molecule has 0 aliphatic carbocycles. The van der Waals surface area contributed by atoms with E-state index >= 15 is 0 Å². The highest BCUT2D eigenvalue weighted by atomic mass is 79.9. The molecule has 0 saturated heterocycles. The third-order valence-corrected chi connectivity index (χ3v) is 3.04. The normalized spacial score (nSPS) is 10.2. The maximum absolute atomic E-state index is 11.2. The molecule has 0 N–H and O–H groups in total. The van der Waals surface area contributed by atoms with E-state index in [2.05, 4.69) is 25.9 Å². The molecule has 92 valence electrons. The lowest BCUT2D eigenvalue weighted by atomic mass is 10.1. The highest BCUT2D eigenvalue weighted by molar-refractivity contribution is 9.10. The van der Waals surface area contributed by atoms with E-state index in [-0.39, 0.29) is 11.6 Å². The second kappa shape index (κ2) is 5.27. The molecule has 5 heteroatoms. The van der Waals surface area contributed by atoms with Crippen LogP contribution in [0.3, 0.4) is 0 Å². The van der Waals surface area contributed by atoms with Gasteiger partial charge in [-0.2, -0.15) is 0 Å². The van der Waals surface area contributed by atoms with Crippen LogP contribution >= 0.6 is 15.9 Å². The van der Waals surface area contributed by atoms with Gasteiger partial charge in [-0.25, -0.2) is 9.97 Å². The summed E-state index contributed by atoms with van der Waals surface area (Å²) in [6.07, 6.45) is 1.58. The van der Waals surface area contributed by atoms with E-state index in [9.17, 15) is 4.79 Å². The smallest absolute Gasteiger partial charge is 0.196 e. The van der Waals surface area contributed by atoms with Crippen molar-refractivity contribution in [2.24, 2.45) is 0 Å². The summed E-state index contributed by atoms with van der Waals surface area (Å²) in [5.41, 5.74) is 1.60. The Kier molecular flexibility index (Phi) is 3.72. The van der Waals surface area contributed by atoms with E-state index in [0.29, 0.717) is 5.69 Å². The standard InChI is InChI=1S/C13H11BrN2O2/c1-8(17)13-15-6-5-11(16-13)9-3-4-12(18-2)10(14)7-9/h3-7H,1-2H3. The number of carbonyl (C=O) groups is 1. The lowest BCUT2D eigenvalue weighted by molar-refractivity contribution is 0.100. The molecule has 1 aromatic heterocycles. The molecule has 0 bridgehead atoms. The summed E-state index contributed by atoms with van der Waals surface area (Å²) >= 11 is 3.42. The van der Waals surface area contributed by atoms with Crippen LogP contribution in [0, 0.1) is 0 Å². The second-order valence-electron chi connectivity index (χ2n) is 3.67. The number of halogens is 1. The van der Waals surface area contributed by atoms with E-state index in [0.717, 1.165) is 15.8 Å². The molecule has 0 aliphatic rings. The van der Waals surface area contributed by atoms with Gasteiger partial charge < -0.3 is 4.74 Å². The molecule has 0 atom stereocenters. The quantitative estimate of drug-likeness (QED) is 0.818. The van der Waals surface area contributed by atoms with Gasteiger partial charge in [-0.05, 0) is 40.2 Å². The Morgan fingerprint density at radius 1 is 1.33 bits per heavy atom. The molecular weight excluding hydrogens is 296 g/mol. The topological polar surface area (TPSA) is 52.1 Å². The predicted octanol–water partition coefficient (Wildman–Crippen LogP) is 3.12. The predicted molar refractivity (Wildman–Crippen MR) is 71.7 cm³/mol. The van der Waals surface area contributed by atoms with Gasteiger partial charge in [0.25, 0.3) is 0 Å². The molecular formula is C13H11BrN2O2. The van der Waals surface area contributed by atoms with Gasteiger partial charge in [0, 0.05) is 18.7 Å². The van der Waals surface area contributed by atoms with Crippen molar-refractivity contribution in [3.05, 3.63) is 40.8 Å². The third kappa shape index (κ3) is 2.56. The van der Waals surface area contributed by atoms with E-state index in [1.165, 1.54) is 6.92 Å². The average molecular weight is 307 g/mol. The van der Waals surface area contributed by atoms with Crippen LogP contribution in [0.1, 0.15) is 17.5 Å². The fraction of sp³-hybridized carbons (Fsp3) is 0.154. The number of rotatable bonds is 3. The van der Waals surface area contributed by atoms with Crippen molar-refractivity contribution in [1.29, 1.82) is 0 Å². The van der Waals surface area contributed by atoms with Crippen LogP contribution in [0.2, 0.25) is 0 Å². The number of hydrogen-bond acceptors (Lipinski definition) is 4. The molecule has 0 unspecified atom stereocenters. The molecule has 1 heterocycles. The molecule has 4 nitrogen and oxygen atoms in total. The first kappa shape index (κ1) is 12.7. The van der Waals surface area contributed by atoms with Crippen molar-refractivity contribution >= 4 is 21.7 Å². The van der Waals surface area contributed by atoms with E-state index in [1.54, 1.807) is 19.4 Å². The van der Waals surface area contributed by atoms with Crippen molar-refractivity contribution < 1.29 is 9.53 Å². The highest BCUT2D eigenvalue weighted by Crippen LogP contribution is 2.29. The summed E-state index contributed by atoms with van der Waals surface area (Å²) in [7, 11) is 1.61. The van der Waals surface area contributed by atoms with Crippen molar-refractivity contribution in [1.82, 2.24) is 9.97 Å². The second-order valence-corrected chi connectivity index (χ2v) is 4.53. The van der Waals surface area contributed by atoms with Crippen LogP contribution in [0.5, 0.6) is 5.75 Å². The first-order valence-electron chi connectivity index (χ1n) is 5.29. The molecule has 1 aromatic carbocycles. The van der Waals surface area contributed by atoms with Crippen molar-refractivity contribution in [3.8, 4) is 17.0 Å². The van der Waals surface area contributed by atoms with Gasteiger partial charge in [0.05, 0.1) is 17.3 Å². The number of aromatic nitrogens is 2. The fourth-order valence-corrected chi connectivity index (χ4v) is 2.06. The molecule has 0 aliphatic heterocycles. The van der Waals surface area contributed by atoms with Crippen LogP contribution in [0.25, 0.3) is 11.3 Å². The number of ether oxygens (including phenoxy) is 1. The van der Waals surface area contributed by atoms with Crippen LogP contribution in [0.4, 0.5) is 0 Å². The number of methoxy groups -OCH3 is 1. The van der Waals surface area contributed by atoms with E-state index in [4.69, 9.17) is 4.74 Å². The molecule has 0 amide bonds. The van der Waals surface area contributed by atoms with E-state index < -0.39 is 0 Å². The van der Waals surface area contributed by atoms with Gasteiger partial charge in [0.15, 0.2) is 11.6 Å². The number of benzene rings is 1. The Morgan fingerprint density at radius 3 is 2.72 bits per heavy atom. The highest BCUT2D eigenvalue weighted by Gasteiger charge is 2.08. The molecule has 18 heavy (non-hydrogen) atoms. The van der Waals surface area contributed by atoms with Crippen LogP contribution in [0.15, 0.2) is 34.9 Å². The molecule has 2 aromatic rings.